The van der Waals surface area contributed by atoms with Gasteiger partial charge in [-0.15, -0.1) is 0 Å². The summed E-state index contributed by atoms with van der Waals surface area (Å²) in [5, 5.41) is 3.71. The second-order valence-corrected chi connectivity index (χ2v) is 7.71. The van der Waals surface area contributed by atoms with Crippen molar-refractivity contribution in [3.05, 3.63) is 64.7 Å². The minimum atomic E-state index is -0.595. The highest BCUT2D eigenvalue weighted by atomic mass is 35.5. The maximum absolute atomic E-state index is 12.7. The van der Waals surface area contributed by atoms with Crippen LogP contribution in [-0.4, -0.2) is 48.4 Å². The third kappa shape index (κ3) is 5.30. The van der Waals surface area contributed by atoms with Crippen LogP contribution in [0.2, 0.25) is 5.02 Å². The van der Waals surface area contributed by atoms with E-state index in [0.717, 1.165) is 11.3 Å². The second kappa shape index (κ2) is 9.63. The van der Waals surface area contributed by atoms with Crippen LogP contribution in [0.3, 0.4) is 0 Å². The number of carbonyl (C=O) groups excluding carboxylic acids is 3. The van der Waals surface area contributed by atoms with Crippen molar-refractivity contribution < 1.29 is 19.1 Å². The minimum absolute atomic E-state index is 0.0390. The summed E-state index contributed by atoms with van der Waals surface area (Å²) in [6.07, 6.45) is -0.556. The van der Waals surface area contributed by atoms with E-state index in [2.05, 4.69) is 5.32 Å². The molecule has 2 aromatic rings. The molecule has 0 aromatic heterocycles. The Hall–Kier alpha value is -3.06. The van der Waals surface area contributed by atoms with Crippen LogP contribution < -0.4 is 11.1 Å². The standard InChI is InChI=1S/C22H24ClN3O4/c1-14-17(23)8-5-9-18(14)25-11-21(28)26-12-16(10-20(24)27)19(13-26)30-22(29)15-6-3-2-4-7-15/h2-9,16,19,25H,10-13H2,1H3,(H2,24,27)/t16-,19+/m0/s1. The number of benzene rings is 2. The lowest BCUT2D eigenvalue weighted by Crippen LogP contribution is -2.35. The molecule has 0 unspecified atom stereocenters. The van der Waals surface area contributed by atoms with Crippen LogP contribution in [0.15, 0.2) is 48.5 Å². The SMILES string of the molecule is Cc1c(Cl)cccc1NCC(=O)N1C[C@H](CC(N)=O)[C@H](OC(=O)c2ccccc2)C1. The monoisotopic (exact) mass is 429 g/mol. The number of nitrogens with one attached hydrogen (secondary N) is 1. The van der Waals surface area contributed by atoms with E-state index in [9.17, 15) is 14.4 Å². The predicted molar refractivity (Wildman–Crippen MR) is 114 cm³/mol. The average Bonchev–Trinajstić information content (AvgIpc) is 3.11. The van der Waals surface area contributed by atoms with Crippen molar-refractivity contribution in [1.82, 2.24) is 4.90 Å². The number of esters is 1. The number of halogens is 1. The zero-order valence-electron chi connectivity index (χ0n) is 16.6. The van der Waals surface area contributed by atoms with Crippen molar-refractivity contribution in [2.75, 3.05) is 25.0 Å². The van der Waals surface area contributed by atoms with Crippen molar-refractivity contribution in [2.24, 2.45) is 11.7 Å². The topological polar surface area (TPSA) is 102 Å². The van der Waals surface area contributed by atoms with Crippen LogP contribution in [0.5, 0.6) is 0 Å². The molecule has 1 aliphatic heterocycles. The van der Waals surface area contributed by atoms with E-state index in [4.69, 9.17) is 22.1 Å². The number of likely N-dealkylation sites (tertiary alicyclic amines) is 1. The van der Waals surface area contributed by atoms with E-state index in [1.807, 2.05) is 13.0 Å². The molecule has 0 radical (unpaired) electrons. The Labute approximate surface area is 180 Å². The van der Waals surface area contributed by atoms with Crippen LogP contribution >= 0.6 is 11.6 Å². The first-order valence-corrected chi connectivity index (χ1v) is 10.0. The van der Waals surface area contributed by atoms with Crippen molar-refractivity contribution >= 4 is 35.1 Å². The van der Waals surface area contributed by atoms with Gasteiger partial charge < -0.3 is 20.7 Å². The molecule has 8 heteroatoms. The average molecular weight is 430 g/mol. The smallest absolute Gasteiger partial charge is 0.338 e. The highest BCUT2D eigenvalue weighted by Gasteiger charge is 2.38. The summed E-state index contributed by atoms with van der Waals surface area (Å²) in [6, 6.07) is 14.0. The summed E-state index contributed by atoms with van der Waals surface area (Å²) in [6.45, 7) is 2.44. The molecule has 1 saturated heterocycles. The van der Waals surface area contributed by atoms with Gasteiger partial charge in [0, 0.05) is 29.6 Å². The highest BCUT2D eigenvalue weighted by Crippen LogP contribution is 2.25. The fraction of sp³-hybridized carbons (Fsp3) is 0.318. The van der Waals surface area contributed by atoms with E-state index in [-0.39, 0.29) is 31.3 Å². The van der Waals surface area contributed by atoms with Gasteiger partial charge in [-0.05, 0) is 36.8 Å². The molecular formula is C22H24ClN3O4. The number of anilines is 1. The Morgan fingerprint density at radius 1 is 1.13 bits per heavy atom. The Kier molecular flexibility index (Phi) is 6.95. The lowest BCUT2D eigenvalue weighted by molar-refractivity contribution is -0.129. The zero-order chi connectivity index (χ0) is 21.7. The fourth-order valence-electron chi connectivity index (χ4n) is 3.49. The first-order valence-electron chi connectivity index (χ1n) is 9.66. The molecule has 1 aliphatic rings. The Morgan fingerprint density at radius 3 is 2.57 bits per heavy atom. The maximum atomic E-state index is 12.7. The molecule has 7 nitrogen and oxygen atoms in total. The van der Waals surface area contributed by atoms with E-state index < -0.39 is 18.0 Å². The molecule has 3 N–H and O–H groups in total. The largest absolute Gasteiger partial charge is 0.457 e. The summed E-state index contributed by atoms with van der Waals surface area (Å²) < 4.78 is 5.61. The molecular weight excluding hydrogens is 406 g/mol. The Morgan fingerprint density at radius 2 is 1.87 bits per heavy atom. The van der Waals surface area contributed by atoms with Crippen LogP contribution in [0.4, 0.5) is 5.69 Å². The number of primary amides is 1. The van der Waals surface area contributed by atoms with Gasteiger partial charge in [-0.25, -0.2) is 4.79 Å². The van der Waals surface area contributed by atoms with Gasteiger partial charge in [0.25, 0.3) is 0 Å². The molecule has 3 rings (SSSR count). The van der Waals surface area contributed by atoms with Crippen LogP contribution in [-0.2, 0) is 14.3 Å². The predicted octanol–water partition coefficient (Wildman–Crippen LogP) is 2.62. The minimum Gasteiger partial charge on any atom is -0.457 e. The lowest BCUT2D eigenvalue weighted by Gasteiger charge is -2.18. The van der Waals surface area contributed by atoms with E-state index in [1.54, 1.807) is 47.4 Å². The van der Waals surface area contributed by atoms with Gasteiger partial charge >= 0.3 is 5.97 Å². The summed E-state index contributed by atoms with van der Waals surface area (Å²) in [4.78, 5) is 38.2. The number of carbonyl (C=O) groups is 3. The van der Waals surface area contributed by atoms with Gasteiger partial charge in [0.05, 0.1) is 18.7 Å². The summed E-state index contributed by atoms with van der Waals surface area (Å²) in [7, 11) is 0. The van der Waals surface area contributed by atoms with E-state index >= 15 is 0 Å². The second-order valence-electron chi connectivity index (χ2n) is 7.30. The summed E-state index contributed by atoms with van der Waals surface area (Å²) in [5.41, 5.74) is 7.40. The first kappa shape index (κ1) is 21.6. The van der Waals surface area contributed by atoms with Crippen LogP contribution in [0, 0.1) is 12.8 Å². The van der Waals surface area contributed by atoms with E-state index in [0.29, 0.717) is 17.1 Å². The third-order valence-electron chi connectivity index (χ3n) is 5.16. The number of rotatable bonds is 7. The van der Waals surface area contributed by atoms with Crippen LogP contribution in [0.1, 0.15) is 22.3 Å². The molecule has 30 heavy (non-hydrogen) atoms. The normalized spacial score (nSPS) is 18.1. The van der Waals surface area contributed by atoms with Crippen molar-refractivity contribution in [2.45, 2.75) is 19.4 Å². The molecule has 2 aromatic carbocycles. The molecule has 2 amide bonds. The molecule has 0 saturated carbocycles. The van der Waals surface area contributed by atoms with Gasteiger partial charge in [-0.2, -0.15) is 0 Å². The Balaban J connectivity index is 1.64. The van der Waals surface area contributed by atoms with Gasteiger partial charge in [0.15, 0.2) is 0 Å². The lowest BCUT2D eigenvalue weighted by atomic mass is 10.0. The maximum Gasteiger partial charge on any atom is 0.338 e. The van der Waals surface area contributed by atoms with E-state index in [1.165, 1.54) is 0 Å². The highest BCUT2D eigenvalue weighted by molar-refractivity contribution is 6.31. The number of amides is 2. The molecule has 0 aliphatic carbocycles. The number of nitrogens with zero attached hydrogens (tertiary/aromatic N) is 1. The molecule has 0 spiro atoms. The van der Waals surface area contributed by atoms with Gasteiger partial charge in [-0.1, -0.05) is 35.9 Å². The van der Waals surface area contributed by atoms with Crippen molar-refractivity contribution in [3.63, 3.8) is 0 Å². The molecule has 158 valence electrons. The fourth-order valence-corrected chi connectivity index (χ4v) is 3.67. The summed E-state index contributed by atoms with van der Waals surface area (Å²) >= 11 is 6.11. The quantitative estimate of drug-likeness (QED) is 0.659. The first-order chi connectivity index (χ1) is 14.3. The Bertz CT molecular complexity index is 935. The van der Waals surface area contributed by atoms with Gasteiger partial charge in [-0.3, -0.25) is 9.59 Å². The molecule has 1 fully saturated rings. The number of hydrogen-bond acceptors (Lipinski definition) is 5. The van der Waals surface area contributed by atoms with Crippen LogP contribution in [0.25, 0.3) is 0 Å². The number of hydrogen-bond donors (Lipinski definition) is 2. The van der Waals surface area contributed by atoms with Gasteiger partial charge in [0.1, 0.15) is 6.10 Å². The summed E-state index contributed by atoms with van der Waals surface area (Å²) in [5.74, 6) is -1.49. The molecule has 2 atom stereocenters. The van der Waals surface area contributed by atoms with Crippen molar-refractivity contribution in [1.29, 1.82) is 0 Å². The number of nitrogens with two attached hydrogens (primary N) is 1. The van der Waals surface area contributed by atoms with Gasteiger partial charge in [0.2, 0.25) is 11.8 Å². The molecule has 1 heterocycles. The van der Waals surface area contributed by atoms with Crippen molar-refractivity contribution in [3.8, 4) is 0 Å². The number of ether oxygens (including phenoxy) is 1. The molecule has 0 bridgehead atoms. The zero-order valence-corrected chi connectivity index (χ0v) is 17.4. The third-order valence-corrected chi connectivity index (χ3v) is 5.57.